The highest BCUT2D eigenvalue weighted by Gasteiger charge is 2.09. The van der Waals surface area contributed by atoms with Crippen molar-refractivity contribution >= 4 is 11.6 Å². The zero-order valence-electron chi connectivity index (χ0n) is 12.2. The van der Waals surface area contributed by atoms with Gasteiger partial charge in [-0.2, -0.15) is 10.4 Å². The van der Waals surface area contributed by atoms with Gasteiger partial charge in [-0.3, -0.25) is 4.68 Å². The van der Waals surface area contributed by atoms with E-state index in [-0.39, 0.29) is 0 Å². The third-order valence-corrected chi connectivity index (χ3v) is 3.65. The second-order valence-electron chi connectivity index (χ2n) is 4.80. The van der Waals surface area contributed by atoms with E-state index in [9.17, 15) is 0 Å². The molecule has 0 unspecified atom stereocenters. The van der Waals surface area contributed by atoms with Crippen molar-refractivity contribution in [2.24, 2.45) is 0 Å². The van der Waals surface area contributed by atoms with Gasteiger partial charge in [0.2, 0.25) is 0 Å². The molecule has 0 atom stereocenters. The first-order valence-electron chi connectivity index (χ1n) is 7.04. The molecule has 0 spiro atoms. The molecule has 110 valence electrons. The van der Waals surface area contributed by atoms with Crippen LogP contribution in [0.25, 0.3) is 0 Å². The van der Waals surface area contributed by atoms with Crippen LogP contribution in [0.3, 0.4) is 0 Å². The average Bonchev–Trinajstić information content (AvgIpc) is 2.95. The van der Waals surface area contributed by atoms with Gasteiger partial charge in [0.1, 0.15) is 18.4 Å². The van der Waals surface area contributed by atoms with E-state index in [0.29, 0.717) is 29.0 Å². The number of aromatic nitrogens is 2. The van der Waals surface area contributed by atoms with Crippen molar-refractivity contribution < 1.29 is 4.74 Å². The molecule has 0 bridgehead atoms. The highest BCUT2D eigenvalue weighted by molar-refractivity contribution is 6.30. The molecular weight excluding hydrogens is 286 g/mol. The Morgan fingerprint density at radius 1 is 1.33 bits per heavy atom. The fourth-order valence-corrected chi connectivity index (χ4v) is 2.34. The van der Waals surface area contributed by atoms with E-state index in [1.165, 1.54) is 0 Å². The fraction of sp³-hybridized carbons (Fsp3) is 0.375. The van der Waals surface area contributed by atoms with E-state index in [0.717, 1.165) is 18.5 Å². The van der Waals surface area contributed by atoms with Crippen molar-refractivity contribution in [2.75, 3.05) is 0 Å². The Kier molecular flexibility index (Phi) is 5.24. The molecule has 0 aliphatic carbocycles. The molecule has 0 N–H and O–H groups in total. The summed E-state index contributed by atoms with van der Waals surface area (Å²) in [5.41, 5.74) is 1.31. The van der Waals surface area contributed by atoms with Gasteiger partial charge in [0.25, 0.3) is 0 Å². The number of halogens is 1. The molecule has 0 aliphatic rings. The quantitative estimate of drug-likeness (QED) is 0.797. The highest BCUT2D eigenvalue weighted by atomic mass is 35.5. The van der Waals surface area contributed by atoms with Crippen LogP contribution in [0, 0.1) is 11.3 Å². The lowest BCUT2D eigenvalue weighted by atomic mass is 10.2. The first-order valence-corrected chi connectivity index (χ1v) is 7.42. The zero-order valence-corrected chi connectivity index (χ0v) is 13.0. The molecular formula is C16H18ClN3O. The van der Waals surface area contributed by atoms with Crippen LogP contribution in [0.15, 0.2) is 30.5 Å². The predicted octanol–water partition coefficient (Wildman–Crippen LogP) is 4.35. The predicted molar refractivity (Wildman–Crippen MR) is 82.3 cm³/mol. The summed E-state index contributed by atoms with van der Waals surface area (Å²) in [6.45, 7) is 4.62. The number of hydrogen-bond acceptors (Lipinski definition) is 3. The molecule has 1 aromatic heterocycles. The van der Waals surface area contributed by atoms with Crippen molar-refractivity contribution in [3.8, 4) is 11.8 Å². The zero-order chi connectivity index (χ0) is 15.2. The van der Waals surface area contributed by atoms with Crippen molar-refractivity contribution in [3.05, 3.63) is 46.7 Å². The van der Waals surface area contributed by atoms with Gasteiger partial charge in [0.15, 0.2) is 0 Å². The second kappa shape index (κ2) is 7.14. The van der Waals surface area contributed by atoms with Crippen molar-refractivity contribution in [1.29, 1.82) is 5.26 Å². The van der Waals surface area contributed by atoms with E-state index < -0.39 is 0 Å². The van der Waals surface area contributed by atoms with Crippen LogP contribution in [0.5, 0.6) is 5.75 Å². The van der Waals surface area contributed by atoms with Crippen molar-refractivity contribution in [1.82, 2.24) is 9.78 Å². The van der Waals surface area contributed by atoms with Gasteiger partial charge in [-0.1, -0.05) is 25.4 Å². The molecule has 0 saturated heterocycles. The molecule has 1 heterocycles. The van der Waals surface area contributed by atoms with E-state index in [4.69, 9.17) is 21.6 Å². The summed E-state index contributed by atoms with van der Waals surface area (Å²) < 4.78 is 7.65. The van der Waals surface area contributed by atoms with E-state index in [2.05, 4.69) is 25.0 Å². The summed E-state index contributed by atoms with van der Waals surface area (Å²) in [6, 6.07) is 9.43. The van der Waals surface area contributed by atoms with Crippen molar-refractivity contribution in [2.45, 2.75) is 39.3 Å². The van der Waals surface area contributed by atoms with Crippen LogP contribution in [0.1, 0.15) is 44.0 Å². The summed E-state index contributed by atoms with van der Waals surface area (Å²) in [6.07, 6.45) is 4.07. The van der Waals surface area contributed by atoms with Crippen LogP contribution >= 0.6 is 11.6 Å². The van der Waals surface area contributed by atoms with Gasteiger partial charge in [-0.05, 0) is 31.0 Å². The van der Waals surface area contributed by atoms with Crippen LogP contribution in [0.2, 0.25) is 5.02 Å². The number of nitrogens with zero attached hydrogens (tertiary/aromatic N) is 3. The molecule has 2 aromatic rings. The number of benzene rings is 1. The Balaban J connectivity index is 2.07. The number of rotatable bonds is 6. The van der Waals surface area contributed by atoms with Gasteiger partial charge < -0.3 is 4.74 Å². The Morgan fingerprint density at radius 2 is 2.10 bits per heavy atom. The van der Waals surface area contributed by atoms with Crippen LogP contribution < -0.4 is 4.74 Å². The topological polar surface area (TPSA) is 50.8 Å². The van der Waals surface area contributed by atoms with Crippen molar-refractivity contribution in [3.63, 3.8) is 0 Å². The smallest absolute Gasteiger partial charge is 0.139 e. The first kappa shape index (κ1) is 15.4. The standard InChI is InChI=1S/C16H18ClN3O/c1-3-15(4-2)20-8-7-14(19-20)11-21-16-9-13(17)6-5-12(16)10-18/h5-9,15H,3-4,11H2,1-2H3. The Hall–Kier alpha value is -1.99. The lowest BCUT2D eigenvalue weighted by Crippen LogP contribution is -2.08. The minimum atomic E-state index is 0.322. The molecule has 1 aromatic carbocycles. The lowest BCUT2D eigenvalue weighted by molar-refractivity contribution is 0.296. The molecule has 0 saturated carbocycles. The normalized spacial score (nSPS) is 10.6. The lowest BCUT2D eigenvalue weighted by Gasteiger charge is -2.12. The maximum Gasteiger partial charge on any atom is 0.139 e. The van der Waals surface area contributed by atoms with Crippen LogP contribution in [-0.2, 0) is 6.61 Å². The first-order chi connectivity index (χ1) is 10.2. The van der Waals surface area contributed by atoms with E-state index in [1.807, 2.05) is 16.9 Å². The van der Waals surface area contributed by atoms with Crippen LogP contribution in [-0.4, -0.2) is 9.78 Å². The Morgan fingerprint density at radius 3 is 2.76 bits per heavy atom. The number of ether oxygens (including phenoxy) is 1. The van der Waals surface area contributed by atoms with Crippen LogP contribution in [0.4, 0.5) is 0 Å². The maximum absolute atomic E-state index is 9.05. The molecule has 0 amide bonds. The summed E-state index contributed by atoms with van der Waals surface area (Å²) in [5, 5.41) is 14.1. The van der Waals surface area contributed by atoms with E-state index in [1.54, 1.807) is 18.2 Å². The SMILES string of the molecule is CCC(CC)n1ccc(COc2cc(Cl)ccc2C#N)n1. The minimum Gasteiger partial charge on any atom is -0.486 e. The number of nitriles is 1. The number of hydrogen-bond donors (Lipinski definition) is 0. The monoisotopic (exact) mass is 303 g/mol. The Labute approximate surface area is 129 Å². The van der Waals surface area contributed by atoms with Gasteiger partial charge in [0.05, 0.1) is 17.3 Å². The molecule has 0 aliphatic heterocycles. The second-order valence-corrected chi connectivity index (χ2v) is 5.23. The summed E-state index contributed by atoms with van der Waals surface area (Å²) in [5.74, 6) is 0.488. The molecule has 21 heavy (non-hydrogen) atoms. The fourth-order valence-electron chi connectivity index (χ4n) is 2.18. The summed E-state index contributed by atoms with van der Waals surface area (Å²) in [4.78, 5) is 0. The van der Waals surface area contributed by atoms with E-state index >= 15 is 0 Å². The largest absolute Gasteiger partial charge is 0.486 e. The molecule has 2 rings (SSSR count). The maximum atomic E-state index is 9.05. The van der Waals surface area contributed by atoms with Gasteiger partial charge in [0, 0.05) is 17.3 Å². The summed E-state index contributed by atoms with van der Waals surface area (Å²) >= 11 is 5.93. The molecule has 4 nitrogen and oxygen atoms in total. The molecule has 0 fully saturated rings. The molecule has 5 heteroatoms. The third kappa shape index (κ3) is 3.77. The highest BCUT2D eigenvalue weighted by Crippen LogP contribution is 2.23. The average molecular weight is 304 g/mol. The van der Waals surface area contributed by atoms with Gasteiger partial charge >= 0.3 is 0 Å². The van der Waals surface area contributed by atoms with Gasteiger partial charge in [-0.15, -0.1) is 0 Å². The Bertz CT molecular complexity index is 641. The minimum absolute atomic E-state index is 0.322. The molecule has 0 radical (unpaired) electrons. The van der Waals surface area contributed by atoms with Gasteiger partial charge in [-0.25, -0.2) is 0 Å². The summed E-state index contributed by atoms with van der Waals surface area (Å²) in [7, 11) is 0. The third-order valence-electron chi connectivity index (χ3n) is 3.42.